The van der Waals surface area contributed by atoms with Gasteiger partial charge in [0.2, 0.25) is 0 Å². The second-order valence-corrected chi connectivity index (χ2v) is 29.2. The Morgan fingerprint density at radius 2 is 0.453 bits per heavy atom. The molecular weight excluding hydrogens is 801 g/mol. The lowest BCUT2D eigenvalue weighted by Gasteiger charge is -2.31. The molecule has 2 heteroatoms. The van der Waals surface area contributed by atoms with Gasteiger partial charge in [-0.2, -0.15) is 0 Å². The predicted octanol–water partition coefficient (Wildman–Crippen LogP) is 15.6. The zero-order chi connectivity index (χ0) is 45.8. The van der Waals surface area contributed by atoms with Crippen LogP contribution < -0.4 is 0 Å². The third-order valence-electron chi connectivity index (χ3n) is 12.5. The molecule has 6 aromatic carbocycles. The van der Waals surface area contributed by atoms with Crippen LogP contribution in [0.2, 0.25) is 36.3 Å². The Labute approximate surface area is 387 Å². The van der Waals surface area contributed by atoms with E-state index in [0.29, 0.717) is 5.57 Å². The number of benzene rings is 6. The van der Waals surface area contributed by atoms with Crippen molar-refractivity contribution in [2.75, 3.05) is 0 Å². The summed E-state index contributed by atoms with van der Waals surface area (Å²) < 4.78 is 0. The first kappa shape index (κ1) is 46.7. The molecule has 0 fully saturated rings. The average Bonchev–Trinajstić information content (AvgIpc) is 3.29. The summed E-state index contributed by atoms with van der Waals surface area (Å²) in [5.41, 5.74) is 19.2. The van der Waals surface area contributed by atoms with Crippen LogP contribution in [0.5, 0.6) is 0 Å². The first-order chi connectivity index (χ1) is 30.6. The van der Waals surface area contributed by atoms with Crippen LogP contribution in [0.1, 0.15) is 74.9 Å². The molecule has 0 nitrogen and oxygen atoms in total. The summed E-state index contributed by atoms with van der Waals surface area (Å²) in [7, 11) is -4.13. The van der Waals surface area contributed by atoms with Crippen LogP contribution >= 0.6 is 0 Å². The van der Waals surface area contributed by atoms with Crippen molar-refractivity contribution in [3.8, 4) is 46.6 Å². The SMILES string of the molecule is CC(C)(C)[Si](C)(C)C#CC(C#CC(C#CC(C#C[Si](C)(C)C(C)(C)C)=C(c1ccccc1)c1ccccc1)=C(c1ccccc1)c1ccccc1)=C(c1ccccc1)c1ccccc1. The molecule has 0 atom stereocenters. The number of hydrogen-bond acceptors (Lipinski definition) is 0. The number of allylic oxidation sites excluding steroid dienone is 3. The van der Waals surface area contributed by atoms with Gasteiger partial charge in [0.05, 0.1) is 16.7 Å². The highest BCUT2D eigenvalue weighted by atomic mass is 28.3. The first-order valence-corrected chi connectivity index (χ1v) is 28.2. The van der Waals surface area contributed by atoms with E-state index in [-0.39, 0.29) is 10.1 Å². The molecule has 0 saturated heterocycles. The fraction of sp³-hybridized carbons (Fsp3) is 0.194. The van der Waals surface area contributed by atoms with Gasteiger partial charge in [-0.25, -0.2) is 0 Å². The molecule has 6 aromatic rings. The van der Waals surface area contributed by atoms with Gasteiger partial charge in [0, 0.05) is 16.7 Å². The average molecular weight is 861 g/mol. The molecule has 0 N–H and O–H groups in total. The van der Waals surface area contributed by atoms with Crippen molar-refractivity contribution in [2.45, 2.75) is 77.8 Å². The van der Waals surface area contributed by atoms with Crippen molar-refractivity contribution in [3.63, 3.8) is 0 Å². The summed E-state index contributed by atoms with van der Waals surface area (Å²) in [4.78, 5) is 0. The van der Waals surface area contributed by atoms with Gasteiger partial charge in [-0.15, -0.1) is 11.1 Å². The minimum atomic E-state index is -2.07. The van der Waals surface area contributed by atoms with Gasteiger partial charge in [0.15, 0.2) is 0 Å². The van der Waals surface area contributed by atoms with Crippen molar-refractivity contribution in [3.05, 3.63) is 232 Å². The summed E-state index contributed by atoms with van der Waals surface area (Å²) in [6.45, 7) is 23.2. The van der Waals surface area contributed by atoms with Crippen LogP contribution in [-0.4, -0.2) is 16.1 Å². The lowest BCUT2D eigenvalue weighted by atomic mass is 9.91. The normalized spacial score (nSPS) is 11.1. The van der Waals surface area contributed by atoms with Crippen LogP contribution in [0, 0.1) is 46.6 Å². The molecule has 0 unspecified atom stereocenters. The van der Waals surface area contributed by atoms with Crippen molar-refractivity contribution in [1.29, 1.82) is 0 Å². The van der Waals surface area contributed by atoms with E-state index in [1.807, 2.05) is 0 Å². The van der Waals surface area contributed by atoms with Crippen LogP contribution in [0.15, 0.2) is 199 Å². The van der Waals surface area contributed by atoms with Crippen molar-refractivity contribution in [1.82, 2.24) is 0 Å². The summed E-state index contributed by atoms with van der Waals surface area (Å²) in [6.07, 6.45) is 0. The van der Waals surface area contributed by atoms with E-state index in [9.17, 15) is 0 Å². The molecule has 0 radical (unpaired) electrons. The quantitative estimate of drug-likeness (QED) is 0.116. The number of rotatable bonds is 6. The summed E-state index contributed by atoms with van der Waals surface area (Å²) in [6, 6.07) is 63.1. The maximum Gasteiger partial charge on any atom is 0.138 e. The molecular formula is C62H60Si2. The van der Waals surface area contributed by atoms with E-state index in [4.69, 9.17) is 0 Å². The van der Waals surface area contributed by atoms with Crippen LogP contribution in [0.4, 0.5) is 0 Å². The molecule has 0 amide bonds. The molecule has 0 aliphatic rings. The third-order valence-corrected chi connectivity index (χ3v) is 21.5. The summed E-state index contributed by atoms with van der Waals surface area (Å²) in [5, 5.41) is 0.123. The van der Waals surface area contributed by atoms with Crippen LogP contribution in [0.3, 0.4) is 0 Å². The van der Waals surface area contributed by atoms with Crippen molar-refractivity contribution in [2.24, 2.45) is 0 Å². The Morgan fingerprint density at radius 3 is 0.625 bits per heavy atom. The molecule has 0 aliphatic heterocycles. The standard InChI is InChI=1S/C62H60Si2/c1-61(2,3)63(7,8)47-45-56(59(51-33-21-13-22-34-51)52-35-23-14-24-36-52)43-41-55(58(49-29-17-11-18-30-49)50-31-19-12-20-32-50)42-44-57(46-48-64(9,10)62(4,5)6)60(53-37-25-15-26-38-53)54-39-27-16-28-40-54/h11-40H,1-10H3. The van der Waals surface area contributed by atoms with Crippen LogP contribution in [0.25, 0.3) is 16.7 Å². The molecule has 0 aromatic heterocycles. The number of hydrogen-bond donors (Lipinski definition) is 0. The lowest BCUT2D eigenvalue weighted by molar-refractivity contribution is 0.730. The second kappa shape index (κ2) is 20.6. The van der Waals surface area contributed by atoms with E-state index >= 15 is 0 Å². The second-order valence-electron chi connectivity index (χ2n) is 19.2. The molecule has 0 spiro atoms. The predicted molar refractivity (Wildman–Crippen MR) is 282 cm³/mol. The van der Waals surface area contributed by atoms with Gasteiger partial charge >= 0.3 is 0 Å². The van der Waals surface area contributed by atoms with Crippen LogP contribution in [-0.2, 0) is 0 Å². The maximum atomic E-state index is 3.83. The molecule has 0 bridgehead atoms. The van der Waals surface area contributed by atoms with E-state index in [1.54, 1.807) is 0 Å². The largest absolute Gasteiger partial charge is 0.138 e. The Balaban J connectivity index is 1.79. The minimum absolute atomic E-state index is 0.0614. The van der Waals surface area contributed by atoms with Gasteiger partial charge in [-0.05, 0) is 43.5 Å². The molecule has 316 valence electrons. The highest BCUT2D eigenvalue weighted by Gasteiger charge is 2.34. The summed E-state index contributed by atoms with van der Waals surface area (Å²) in [5.74, 6) is 22.4. The Kier molecular flexibility index (Phi) is 15.0. The highest BCUT2D eigenvalue weighted by Crippen LogP contribution is 2.37. The van der Waals surface area contributed by atoms with E-state index in [0.717, 1.165) is 61.2 Å². The fourth-order valence-electron chi connectivity index (χ4n) is 6.53. The highest BCUT2D eigenvalue weighted by molar-refractivity contribution is 6.88. The van der Waals surface area contributed by atoms with Crippen molar-refractivity contribution < 1.29 is 0 Å². The Morgan fingerprint density at radius 1 is 0.281 bits per heavy atom. The topological polar surface area (TPSA) is 0 Å². The maximum absolute atomic E-state index is 3.83. The smallest absolute Gasteiger partial charge is 0.125 e. The molecule has 6 rings (SSSR count). The summed E-state index contributed by atoms with van der Waals surface area (Å²) >= 11 is 0. The third kappa shape index (κ3) is 11.8. The minimum Gasteiger partial charge on any atom is -0.125 e. The monoisotopic (exact) mass is 860 g/mol. The first-order valence-electron chi connectivity index (χ1n) is 22.2. The van der Waals surface area contributed by atoms with Gasteiger partial charge < -0.3 is 0 Å². The Bertz CT molecular complexity index is 2610. The zero-order valence-electron chi connectivity index (χ0n) is 39.3. The van der Waals surface area contributed by atoms with Crippen molar-refractivity contribution >= 4 is 32.9 Å². The fourth-order valence-corrected chi connectivity index (χ4v) is 8.15. The zero-order valence-corrected chi connectivity index (χ0v) is 41.3. The molecule has 64 heavy (non-hydrogen) atoms. The Hall–Kier alpha value is -6.79. The van der Waals surface area contributed by atoms with Gasteiger partial charge in [0.1, 0.15) is 16.1 Å². The van der Waals surface area contributed by atoms with Gasteiger partial charge in [0.25, 0.3) is 0 Å². The van der Waals surface area contributed by atoms with E-state index in [2.05, 4.69) is 296 Å². The molecule has 0 aliphatic carbocycles. The van der Waals surface area contributed by atoms with E-state index in [1.165, 1.54) is 0 Å². The van der Waals surface area contributed by atoms with E-state index < -0.39 is 16.1 Å². The lowest BCUT2D eigenvalue weighted by Crippen LogP contribution is -2.35. The van der Waals surface area contributed by atoms with Gasteiger partial charge in [-0.1, -0.05) is 285 Å². The molecule has 0 saturated carbocycles. The van der Waals surface area contributed by atoms with Gasteiger partial charge in [-0.3, -0.25) is 0 Å². The molecule has 0 heterocycles.